The minimum atomic E-state index is -0.375. The second-order valence-electron chi connectivity index (χ2n) is 3.47. The Morgan fingerprint density at radius 3 is 2.79 bits per heavy atom. The van der Waals surface area contributed by atoms with E-state index in [2.05, 4.69) is 5.32 Å². The van der Waals surface area contributed by atoms with Crippen LogP contribution in [-0.2, 0) is 0 Å². The number of Topliss-reactive ketones (excluding diaryl/α,β-unsaturated/α-hetero) is 1. The van der Waals surface area contributed by atoms with Crippen LogP contribution in [-0.4, -0.2) is 18.4 Å². The van der Waals surface area contributed by atoms with Gasteiger partial charge in [0.05, 0.1) is 6.54 Å². The molecular weight excluding hydrogens is 181 g/mol. The van der Waals surface area contributed by atoms with Crippen LogP contribution >= 0.6 is 0 Å². The molecular formula is C11H14FNO. The van der Waals surface area contributed by atoms with E-state index in [1.165, 1.54) is 18.2 Å². The van der Waals surface area contributed by atoms with Gasteiger partial charge in [-0.25, -0.2) is 4.39 Å². The van der Waals surface area contributed by atoms with Gasteiger partial charge in [-0.05, 0) is 12.1 Å². The zero-order valence-corrected chi connectivity index (χ0v) is 8.38. The maximum Gasteiger partial charge on any atom is 0.176 e. The predicted octanol–water partition coefficient (Wildman–Crippen LogP) is 2.01. The minimum absolute atomic E-state index is 0.0850. The molecule has 0 fully saturated rings. The molecule has 0 bridgehead atoms. The van der Waals surface area contributed by atoms with Crippen LogP contribution in [0.2, 0.25) is 0 Å². The fourth-order valence-electron chi connectivity index (χ4n) is 1.06. The van der Waals surface area contributed by atoms with Crippen LogP contribution in [0.5, 0.6) is 0 Å². The molecule has 0 aliphatic rings. The lowest BCUT2D eigenvalue weighted by Gasteiger charge is -2.06. The van der Waals surface area contributed by atoms with Crippen molar-refractivity contribution in [1.29, 1.82) is 0 Å². The van der Waals surface area contributed by atoms with Gasteiger partial charge < -0.3 is 5.32 Å². The highest BCUT2D eigenvalue weighted by atomic mass is 19.1. The SMILES string of the molecule is CC(C)NCC(=O)c1cccc(F)c1. The van der Waals surface area contributed by atoms with E-state index in [0.717, 1.165) is 0 Å². The predicted molar refractivity (Wildman–Crippen MR) is 53.9 cm³/mol. The number of rotatable bonds is 4. The second-order valence-corrected chi connectivity index (χ2v) is 3.47. The molecule has 2 nitrogen and oxygen atoms in total. The molecule has 3 heteroatoms. The first-order valence-corrected chi connectivity index (χ1v) is 4.61. The highest BCUT2D eigenvalue weighted by molar-refractivity contribution is 5.97. The molecule has 0 saturated carbocycles. The Bertz CT molecular complexity index is 323. The summed E-state index contributed by atoms with van der Waals surface area (Å²) in [5, 5.41) is 2.99. The van der Waals surface area contributed by atoms with Gasteiger partial charge in [-0.1, -0.05) is 26.0 Å². The number of benzene rings is 1. The van der Waals surface area contributed by atoms with Crippen molar-refractivity contribution in [1.82, 2.24) is 5.32 Å². The second kappa shape index (κ2) is 4.86. The van der Waals surface area contributed by atoms with Gasteiger partial charge in [0.25, 0.3) is 0 Å². The molecule has 0 heterocycles. The van der Waals surface area contributed by atoms with Crippen molar-refractivity contribution in [2.45, 2.75) is 19.9 Å². The van der Waals surface area contributed by atoms with Gasteiger partial charge in [0.2, 0.25) is 0 Å². The number of nitrogens with one attached hydrogen (secondary N) is 1. The van der Waals surface area contributed by atoms with E-state index in [0.29, 0.717) is 5.56 Å². The maximum absolute atomic E-state index is 12.8. The van der Waals surface area contributed by atoms with Gasteiger partial charge in [-0.3, -0.25) is 4.79 Å². The molecule has 0 amide bonds. The molecule has 1 aromatic carbocycles. The maximum atomic E-state index is 12.8. The molecule has 0 aliphatic heterocycles. The molecule has 1 rings (SSSR count). The topological polar surface area (TPSA) is 29.1 Å². The lowest BCUT2D eigenvalue weighted by Crippen LogP contribution is -2.29. The van der Waals surface area contributed by atoms with Crippen LogP contribution < -0.4 is 5.32 Å². The van der Waals surface area contributed by atoms with Crippen molar-refractivity contribution in [2.24, 2.45) is 0 Å². The van der Waals surface area contributed by atoms with Crippen molar-refractivity contribution in [3.05, 3.63) is 35.6 Å². The summed E-state index contributed by atoms with van der Waals surface area (Å²) in [6.45, 7) is 4.17. The van der Waals surface area contributed by atoms with Crippen molar-refractivity contribution in [3.63, 3.8) is 0 Å². The summed E-state index contributed by atoms with van der Waals surface area (Å²) in [6, 6.07) is 6.00. The largest absolute Gasteiger partial charge is 0.307 e. The third-order valence-electron chi connectivity index (χ3n) is 1.82. The van der Waals surface area contributed by atoms with Crippen LogP contribution in [0, 0.1) is 5.82 Å². The summed E-state index contributed by atoms with van der Waals surface area (Å²) in [5.74, 6) is -0.460. The Balaban J connectivity index is 2.61. The summed E-state index contributed by atoms with van der Waals surface area (Å²) in [6.07, 6.45) is 0. The first-order valence-electron chi connectivity index (χ1n) is 4.61. The highest BCUT2D eigenvalue weighted by Crippen LogP contribution is 2.03. The van der Waals surface area contributed by atoms with Gasteiger partial charge in [0.15, 0.2) is 5.78 Å². The molecule has 0 aliphatic carbocycles. The summed E-state index contributed by atoms with van der Waals surface area (Å²) in [4.78, 5) is 11.5. The number of ketones is 1. The number of hydrogen-bond acceptors (Lipinski definition) is 2. The van der Waals surface area contributed by atoms with Crippen LogP contribution in [0.3, 0.4) is 0 Å². The van der Waals surface area contributed by atoms with E-state index < -0.39 is 0 Å². The zero-order valence-electron chi connectivity index (χ0n) is 8.38. The Morgan fingerprint density at radius 2 is 2.21 bits per heavy atom. The fourth-order valence-corrected chi connectivity index (χ4v) is 1.06. The van der Waals surface area contributed by atoms with Gasteiger partial charge >= 0.3 is 0 Å². The molecule has 0 radical (unpaired) electrons. The first-order chi connectivity index (χ1) is 6.59. The molecule has 0 unspecified atom stereocenters. The molecule has 0 aromatic heterocycles. The van der Waals surface area contributed by atoms with E-state index in [4.69, 9.17) is 0 Å². The van der Waals surface area contributed by atoms with Gasteiger partial charge in [0.1, 0.15) is 5.82 Å². The minimum Gasteiger partial charge on any atom is -0.307 e. The standard InChI is InChI=1S/C11H14FNO/c1-8(2)13-7-11(14)9-4-3-5-10(12)6-9/h3-6,8,13H,7H2,1-2H3. The zero-order chi connectivity index (χ0) is 10.6. The van der Waals surface area contributed by atoms with Crippen molar-refractivity contribution >= 4 is 5.78 Å². The van der Waals surface area contributed by atoms with E-state index in [-0.39, 0.29) is 24.2 Å². The van der Waals surface area contributed by atoms with Gasteiger partial charge in [-0.2, -0.15) is 0 Å². The monoisotopic (exact) mass is 195 g/mol. The molecule has 14 heavy (non-hydrogen) atoms. The number of halogens is 1. The third-order valence-corrected chi connectivity index (χ3v) is 1.82. The van der Waals surface area contributed by atoms with E-state index in [9.17, 15) is 9.18 Å². The van der Waals surface area contributed by atoms with E-state index in [1.54, 1.807) is 6.07 Å². The van der Waals surface area contributed by atoms with E-state index >= 15 is 0 Å². The Hall–Kier alpha value is -1.22. The average Bonchev–Trinajstić information content (AvgIpc) is 2.14. The molecule has 0 saturated heterocycles. The lowest BCUT2D eigenvalue weighted by molar-refractivity contribution is 0.0988. The number of carbonyl (C=O) groups excluding carboxylic acids is 1. The van der Waals surface area contributed by atoms with Crippen LogP contribution in [0.15, 0.2) is 24.3 Å². The van der Waals surface area contributed by atoms with E-state index in [1.807, 2.05) is 13.8 Å². The quantitative estimate of drug-likeness (QED) is 0.744. The Morgan fingerprint density at radius 1 is 1.50 bits per heavy atom. The summed E-state index contributed by atoms with van der Waals surface area (Å²) < 4.78 is 12.8. The third kappa shape index (κ3) is 3.26. The van der Waals surface area contributed by atoms with Crippen molar-refractivity contribution < 1.29 is 9.18 Å². The average molecular weight is 195 g/mol. The summed E-state index contributed by atoms with van der Waals surface area (Å²) in [5.41, 5.74) is 0.415. The Labute approximate surface area is 83.1 Å². The van der Waals surface area contributed by atoms with Crippen molar-refractivity contribution in [2.75, 3.05) is 6.54 Å². The van der Waals surface area contributed by atoms with Crippen LogP contribution in [0.1, 0.15) is 24.2 Å². The normalized spacial score (nSPS) is 10.6. The lowest BCUT2D eigenvalue weighted by atomic mass is 10.1. The Kier molecular flexibility index (Phi) is 3.77. The highest BCUT2D eigenvalue weighted by Gasteiger charge is 2.06. The van der Waals surface area contributed by atoms with Crippen molar-refractivity contribution in [3.8, 4) is 0 Å². The van der Waals surface area contributed by atoms with Crippen LogP contribution in [0.4, 0.5) is 4.39 Å². The smallest absolute Gasteiger partial charge is 0.176 e. The van der Waals surface area contributed by atoms with Gasteiger partial charge in [0, 0.05) is 11.6 Å². The molecule has 0 atom stereocenters. The number of carbonyl (C=O) groups is 1. The molecule has 1 aromatic rings. The molecule has 1 N–H and O–H groups in total. The fraction of sp³-hybridized carbons (Fsp3) is 0.364. The first kappa shape index (κ1) is 10.9. The summed E-state index contributed by atoms with van der Waals surface area (Å²) in [7, 11) is 0. The van der Waals surface area contributed by atoms with Crippen LogP contribution in [0.25, 0.3) is 0 Å². The molecule has 0 spiro atoms. The number of hydrogen-bond donors (Lipinski definition) is 1. The molecule has 76 valence electrons. The summed E-state index contributed by atoms with van der Waals surface area (Å²) >= 11 is 0. The van der Waals surface area contributed by atoms with Gasteiger partial charge in [-0.15, -0.1) is 0 Å².